The zero-order chi connectivity index (χ0) is 15.0. The lowest BCUT2D eigenvalue weighted by molar-refractivity contribution is -0.138. The molecule has 3 nitrogen and oxygen atoms in total. The molecule has 1 aliphatic rings. The highest BCUT2D eigenvalue weighted by Crippen LogP contribution is 2.41. The normalized spacial score (nSPS) is 22.0. The first-order chi connectivity index (χ1) is 10.0. The van der Waals surface area contributed by atoms with E-state index in [4.69, 9.17) is 0 Å². The second kappa shape index (κ2) is 5.21. The molecule has 0 unspecified atom stereocenters. The third kappa shape index (κ3) is 2.35. The quantitative estimate of drug-likeness (QED) is 0.831. The van der Waals surface area contributed by atoms with E-state index in [0.29, 0.717) is 0 Å². The van der Waals surface area contributed by atoms with Crippen LogP contribution in [0.2, 0.25) is 0 Å². The van der Waals surface area contributed by atoms with Crippen LogP contribution in [0.4, 0.5) is 0 Å². The fourth-order valence-corrected chi connectivity index (χ4v) is 3.86. The Kier molecular flexibility index (Phi) is 3.52. The highest BCUT2D eigenvalue weighted by Gasteiger charge is 2.35. The van der Waals surface area contributed by atoms with Gasteiger partial charge in [-0.15, -0.1) is 0 Å². The van der Waals surface area contributed by atoms with E-state index < -0.39 is 5.97 Å². The van der Waals surface area contributed by atoms with Gasteiger partial charge in [-0.1, -0.05) is 38.5 Å². The highest BCUT2D eigenvalue weighted by molar-refractivity contribution is 5.88. The number of hydrogen-bond donors (Lipinski definition) is 2. The van der Waals surface area contributed by atoms with Crippen molar-refractivity contribution in [2.75, 3.05) is 0 Å². The third-order valence-corrected chi connectivity index (χ3v) is 4.96. The number of aliphatic carboxylic acids is 1. The molecule has 1 atom stereocenters. The van der Waals surface area contributed by atoms with Crippen molar-refractivity contribution < 1.29 is 9.90 Å². The number of hydrogen-bond acceptors (Lipinski definition) is 1. The average molecular weight is 285 g/mol. The van der Waals surface area contributed by atoms with Crippen molar-refractivity contribution in [3.8, 4) is 0 Å². The molecule has 1 aliphatic carbocycles. The van der Waals surface area contributed by atoms with Crippen LogP contribution >= 0.6 is 0 Å². The van der Waals surface area contributed by atoms with Gasteiger partial charge < -0.3 is 10.1 Å². The Morgan fingerprint density at radius 1 is 1.38 bits per heavy atom. The molecule has 0 spiro atoms. The average Bonchev–Trinajstić information content (AvgIpc) is 2.75. The van der Waals surface area contributed by atoms with Gasteiger partial charge in [-0.25, -0.2) is 0 Å². The number of aromatic nitrogens is 1. The predicted octanol–water partition coefficient (Wildman–Crippen LogP) is 4.19. The van der Waals surface area contributed by atoms with E-state index in [0.717, 1.165) is 32.1 Å². The Balaban J connectivity index is 2.23. The predicted molar refractivity (Wildman–Crippen MR) is 84.8 cm³/mol. The summed E-state index contributed by atoms with van der Waals surface area (Å²) in [5, 5.41) is 10.6. The van der Waals surface area contributed by atoms with Gasteiger partial charge in [0.05, 0.1) is 6.42 Å². The number of fused-ring (bicyclic) bond motifs is 3. The van der Waals surface area contributed by atoms with Crippen molar-refractivity contribution in [2.45, 2.75) is 57.8 Å². The Labute approximate surface area is 125 Å². The molecule has 112 valence electrons. The standard InChI is InChI=1S/C18H23NO2/c1-3-12-7-6-9-13-14-8-4-5-10-18(2,11-15(20)21)17(14)19-16(12)13/h6-7,9,19H,3-5,8,10-11H2,1-2H3,(H,20,21)/t18-/m0/s1. The summed E-state index contributed by atoms with van der Waals surface area (Å²) in [6, 6.07) is 6.46. The number of carbonyl (C=O) groups is 1. The van der Waals surface area contributed by atoms with E-state index in [1.807, 2.05) is 0 Å². The summed E-state index contributed by atoms with van der Waals surface area (Å²) in [6.07, 6.45) is 5.44. The molecule has 0 fully saturated rings. The van der Waals surface area contributed by atoms with Gasteiger partial charge in [0.2, 0.25) is 0 Å². The summed E-state index contributed by atoms with van der Waals surface area (Å²) in [5.74, 6) is -0.709. The molecule has 1 heterocycles. The van der Waals surface area contributed by atoms with Crippen molar-refractivity contribution in [1.29, 1.82) is 0 Å². The Morgan fingerprint density at radius 3 is 2.90 bits per heavy atom. The first-order valence-electron chi connectivity index (χ1n) is 7.90. The third-order valence-electron chi connectivity index (χ3n) is 4.96. The van der Waals surface area contributed by atoms with Crippen molar-refractivity contribution in [2.24, 2.45) is 0 Å². The van der Waals surface area contributed by atoms with Crippen LogP contribution in [0.15, 0.2) is 18.2 Å². The van der Waals surface area contributed by atoms with Crippen molar-refractivity contribution in [1.82, 2.24) is 4.98 Å². The second-order valence-electron chi connectivity index (χ2n) is 6.51. The van der Waals surface area contributed by atoms with E-state index >= 15 is 0 Å². The number of carboxylic acid groups (broad SMARTS) is 1. The molecule has 3 rings (SSSR count). The fourth-order valence-electron chi connectivity index (χ4n) is 3.86. The molecule has 0 bridgehead atoms. The largest absolute Gasteiger partial charge is 0.481 e. The second-order valence-corrected chi connectivity index (χ2v) is 6.51. The van der Waals surface area contributed by atoms with E-state index in [1.165, 1.54) is 27.7 Å². The maximum absolute atomic E-state index is 11.3. The van der Waals surface area contributed by atoms with Crippen LogP contribution in [-0.4, -0.2) is 16.1 Å². The molecule has 2 N–H and O–H groups in total. The molecule has 0 radical (unpaired) electrons. The topological polar surface area (TPSA) is 53.1 Å². The highest BCUT2D eigenvalue weighted by atomic mass is 16.4. The van der Waals surface area contributed by atoms with Gasteiger partial charge in [-0.2, -0.15) is 0 Å². The van der Waals surface area contributed by atoms with Gasteiger partial charge >= 0.3 is 5.97 Å². The summed E-state index contributed by atoms with van der Waals surface area (Å²) in [6.45, 7) is 4.27. The molecular formula is C18H23NO2. The van der Waals surface area contributed by atoms with Crippen LogP contribution in [-0.2, 0) is 23.1 Å². The minimum Gasteiger partial charge on any atom is -0.481 e. The molecule has 1 aromatic carbocycles. The number of H-pyrrole nitrogens is 1. The fraction of sp³-hybridized carbons (Fsp3) is 0.500. The van der Waals surface area contributed by atoms with Crippen molar-refractivity contribution >= 4 is 16.9 Å². The number of benzene rings is 1. The van der Waals surface area contributed by atoms with Gasteiger partial charge in [0.25, 0.3) is 0 Å². The minimum atomic E-state index is -0.709. The van der Waals surface area contributed by atoms with Gasteiger partial charge in [0, 0.05) is 22.0 Å². The maximum atomic E-state index is 11.3. The van der Waals surface area contributed by atoms with E-state index in [1.54, 1.807) is 0 Å². The summed E-state index contributed by atoms with van der Waals surface area (Å²) in [4.78, 5) is 14.9. The molecule has 0 aliphatic heterocycles. The molecule has 1 aromatic heterocycles. The number of nitrogens with one attached hydrogen (secondary N) is 1. The Hall–Kier alpha value is -1.77. The van der Waals surface area contributed by atoms with Gasteiger partial charge in [0.1, 0.15) is 0 Å². The number of aryl methyl sites for hydroxylation is 2. The van der Waals surface area contributed by atoms with Crippen LogP contribution < -0.4 is 0 Å². The lowest BCUT2D eigenvalue weighted by atomic mass is 9.79. The minimum absolute atomic E-state index is 0.203. The summed E-state index contributed by atoms with van der Waals surface area (Å²) in [7, 11) is 0. The number of aromatic amines is 1. The zero-order valence-corrected chi connectivity index (χ0v) is 12.8. The van der Waals surface area contributed by atoms with Crippen molar-refractivity contribution in [3.63, 3.8) is 0 Å². The first-order valence-corrected chi connectivity index (χ1v) is 7.90. The summed E-state index contributed by atoms with van der Waals surface area (Å²) in [5.41, 5.74) is 4.77. The summed E-state index contributed by atoms with van der Waals surface area (Å²) >= 11 is 0. The van der Waals surface area contributed by atoms with Gasteiger partial charge in [-0.05, 0) is 36.8 Å². The monoisotopic (exact) mass is 285 g/mol. The molecule has 2 aromatic rings. The van der Waals surface area contributed by atoms with E-state index in [2.05, 4.69) is 37.0 Å². The molecule has 0 saturated carbocycles. The Morgan fingerprint density at radius 2 is 2.19 bits per heavy atom. The summed E-state index contributed by atoms with van der Waals surface area (Å²) < 4.78 is 0. The zero-order valence-electron chi connectivity index (χ0n) is 12.8. The van der Waals surface area contributed by atoms with Gasteiger partial charge in [-0.3, -0.25) is 4.79 Å². The lowest BCUT2D eigenvalue weighted by Gasteiger charge is -2.26. The first kappa shape index (κ1) is 14.2. The SMILES string of the molecule is CCc1cccc2c3c([nH]c12)[C@](C)(CC(=O)O)CCCC3. The van der Waals surface area contributed by atoms with Crippen LogP contribution in [0.3, 0.4) is 0 Å². The number of para-hydroxylation sites is 1. The number of carboxylic acids is 1. The smallest absolute Gasteiger partial charge is 0.304 e. The molecule has 0 amide bonds. The maximum Gasteiger partial charge on any atom is 0.304 e. The molecule has 21 heavy (non-hydrogen) atoms. The molecular weight excluding hydrogens is 262 g/mol. The van der Waals surface area contributed by atoms with Crippen LogP contribution in [0.25, 0.3) is 10.9 Å². The Bertz CT molecular complexity index is 686. The molecule has 0 saturated heterocycles. The van der Waals surface area contributed by atoms with Crippen LogP contribution in [0.1, 0.15) is 56.4 Å². The van der Waals surface area contributed by atoms with E-state index in [-0.39, 0.29) is 11.8 Å². The molecule has 3 heteroatoms. The van der Waals surface area contributed by atoms with Gasteiger partial charge in [0.15, 0.2) is 0 Å². The lowest BCUT2D eigenvalue weighted by Crippen LogP contribution is -2.26. The van der Waals surface area contributed by atoms with E-state index in [9.17, 15) is 9.90 Å². The van der Waals surface area contributed by atoms with Crippen molar-refractivity contribution in [3.05, 3.63) is 35.0 Å². The number of rotatable bonds is 3. The van der Waals surface area contributed by atoms with Crippen LogP contribution in [0, 0.1) is 0 Å². The van der Waals surface area contributed by atoms with Crippen LogP contribution in [0.5, 0.6) is 0 Å².